The van der Waals surface area contributed by atoms with Crippen LogP contribution in [0.5, 0.6) is 0 Å². The Morgan fingerprint density at radius 3 is 2.74 bits per heavy atom. The molecular formula is C14H19N5. The van der Waals surface area contributed by atoms with E-state index in [0.29, 0.717) is 12.5 Å². The maximum atomic E-state index is 4.48. The fourth-order valence-corrected chi connectivity index (χ4v) is 2.40. The summed E-state index contributed by atoms with van der Waals surface area (Å²) in [5.41, 5.74) is 2.57. The van der Waals surface area contributed by atoms with Crippen LogP contribution in [-0.4, -0.2) is 33.3 Å². The second kappa shape index (κ2) is 5.48. The molecule has 0 saturated carbocycles. The molecule has 1 unspecified atom stereocenters. The minimum Gasteiger partial charge on any atom is -0.316 e. The summed E-state index contributed by atoms with van der Waals surface area (Å²) >= 11 is 0. The van der Waals surface area contributed by atoms with Gasteiger partial charge in [0.25, 0.3) is 0 Å². The highest BCUT2D eigenvalue weighted by Gasteiger charge is 2.21. The molecule has 1 saturated heterocycles. The van der Waals surface area contributed by atoms with E-state index in [-0.39, 0.29) is 0 Å². The third kappa shape index (κ3) is 2.81. The van der Waals surface area contributed by atoms with Crippen molar-refractivity contribution in [3.8, 4) is 0 Å². The second-order valence-electron chi connectivity index (χ2n) is 5.04. The van der Waals surface area contributed by atoms with Crippen LogP contribution in [0.2, 0.25) is 0 Å². The van der Waals surface area contributed by atoms with Gasteiger partial charge < -0.3 is 5.32 Å². The molecule has 0 aliphatic carbocycles. The molecule has 1 aliphatic rings. The number of aryl methyl sites for hydroxylation is 1. The number of aromatic nitrogens is 4. The topological polar surface area (TPSA) is 55.6 Å². The number of benzene rings is 1. The number of nitrogens with zero attached hydrogens (tertiary/aromatic N) is 4. The van der Waals surface area contributed by atoms with Crippen molar-refractivity contribution in [1.82, 2.24) is 25.5 Å². The monoisotopic (exact) mass is 257 g/mol. The number of hydrogen-bond acceptors (Lipinski definition) is 4. The molecule has 100 valence electrons. The van der Waals surface area contributed by atoms with Gasteiger partial charge in [0, 0.05) is 12.5 Å². The molecule has 1 aromatic heterocycles. The first kappa shape index (κ1) is 12.3. The minimum atomic E-state index is 0.427. The Balaban J connectivity index is 1.68. The molecule has 3 rings (SSSR count). The van der Waals surface area contributed by atoms with E-state index in [1.165, 1.54) is 11.1 Å². The van der Waals surface area contributed by atoms with Gasteiger partial charge in [-0.25, -0.2) is 0 Å². The fraction of sp³-hybridized carbons (Fsp3) is 0.500. The number of hydrogen-bond donors (Lipinski definition) is 1. The summed E-state index contributed by atoms with van der Waals surface area (Å²) < 4.78 is 0. The Labute approximate surface area is 113 Å². The van der Waals surface area contributed by atoms with E-state index in [4.69, 9.17) is 0 Å². The van der Waals surface area contributed by atoms with E-state index >= 15 is 0 Å². The van der Waals surface area contributed by atoms with Crippen LogP contribution in [0.3, 0.4) is 0 Å². The lowest BCUT2D eigenvalue weighted by Crippen LogP contribution is -2.09. The van der Waals surface area contributed by atoms with Gasteiger partial charge in [0.1, 0.15) is 0 Å². The van der Waals surface area contributed by atoms with E-state index < -0.39 is 0 Å². The summed E-state index contributed by atoms with van der Waals surface area (Å²) in [7, 11) is 0. The van der Waals surface area contributed by atoms with Gasteiger partial charge in [0.05, 0.1) is 6.54 Å². The predicted molar refractivity (Wildman–Crippen MR) is 73.0 cm³/mol. The number of tetrazole rings is 1. The first-order valence-electron chi connectivity index (χ1n) is 6.91. The highest BCUT2D eigenvalue weighted by atomic mass is 15.6. The summed E-state index contributed by atoms with van der Waals surface area (Å²) in [4.78, 5) is 1.69. The van der Waals surface area contributed by atoms with Crippen LogP contribution in [0, 0.1) is 0 Å². The Hall–Kier alpha value is -1.75. The molecule has 2 heterocycles. The van der Waals surface area contributed by atoms with Crippen LogP contribution in [0.4, 0.5) is 0 Å². The van der Waals surface area contributed by atoms with Crippen LogP contribution in [-0.2, 0) is 13.0 Å². The van der Waals surface area contributed by atoms with Crippen molar-refractivity contribution in [3.05, 3.63) is 41.2 Å². The molecule has 1 fully saturated rings. The van der Waals surface area contributed by atoms with Crippen LogP contribution in [0.1, 0.15) is 36.2 Å². The number of rotatable bonds is 4. The molecule has 2 aromatic rings. The SMILES string of the molecule is CCc1ccc(Cn2nnc(C3CCNC3)n2)cc1. The largest absolute Gasteiger partial charge is 0.316 e. The van der Waals surface area contributed by atoms with Crippen molar-refractivity contribution in [2.24, 2.45) is 0 Å². The van der Waals surface area contributed by atoms with Crippen molar-refractivity contribution in [2.45, 2.75) is 32.2 Å². The van der Waals surface area contributed by atoms with Crippen molar-refractivity contribution in [2.75, 3.05) is 13.1 Å². The number of nitrogens with one attached hydrogen (secondary N) is 1. The molecule has 1 aliphatic heterocycles. The molecule has 0 amide bonds. The van der Waals surface area contributed by atoms with Gasteiger partial charge in [-0.3, -0.25) is 0 Å². The normalized spacial score (nSPS) is 18.9. The molecule has 1 aromatic carbocycles. The van der Waals surface area contributed by atoms with Gasteiger partial charge in [-0.1, -0.05) is 31.2 Å². The first-order chi connectivity index (χ1) is 9.35. The standard InChI is InChI=1S/C14H19N5/c1-2-11-3-5-12(6-4-11)10-19-17-14(16-18-19)13-7-8-15-9-13/h3-6,13,15H,2,7-10H2,1H3. The lowest BCUT2D eigenvalue weighted by molar-refractivity contribution is 0.567. The molecule has 0 radical (unpaired) electrons. The van der Waals surface area contributed by atoms with Gasteiger partial charge in [-0.2, -0.15) is 4.80 Å². The fourth-order valence-electron chi connectivity index (χ4n) is 2.40. The van der Waals surface area contributed by atoms with Crippen molar-refractivity contribution in [3.63, 3.8) is 0 Å². The molecule has 5 heteroatoms. The van der Waals surface area contributed by atoms with E-state index in [1.54, 1.807) is 4.80 Å². The molecule has 5 nitrogen and oxygen atoms in total. The van der Waals surface area contributed by atoms with E-state index in [0.717, 1.165) is 31.8 Å². The Morgan fingerprint density at radius 2 is 2.05 bits per heavy atom. The maximum Gasteiger partial charge on any atom is 0.179 e. The van der Waals surface area contributed by atoms with Crippen molar-refractivity contribution < 1.29 is 0 Å². The molecule has 0 spiro atoms. The minimum absolute atomic E-state index is 0.427. The van der Waals surface area contributed by atoms with Crippen molar-refractivity contribution in [1.29, 1.82) is 0 Å². The van der Waals surface area contributed by atoms with E-state index in [2.05, 4.69) is 51.9 Å². The predicted octanol–water partition coefficient (Wildman–Crippen LogP) is 1.36. The summed E-state index contributed by atoms with van der Waals surface area (Å²) in [5, 5.41) is 16.1. The zero-order valence-electron chi connectivity index (χ0n) is 11.2. The molecule has 0 bridgehead atoms. The quantitative estimate of drug-likeness (QED) is 0.898. The van der Waals surface area contributed by atoms with Gasteiger partial charge in [0.15, 0.2) is 5.82 Å². The van der Waals surface area contributed by atoms with E-state index in [1.807, 2.05) is 0 Å². The lowest BCUT2D eigenvalue weighted by atomic mass is 10.1. The Morgan fingerprint density at radius 1 is 1.26 bits per heavy atom. The molecule has 1 atom stereocenters. The average Bonchev–Trinajstić information content (AvgIpc) is 3.10. The van der Waals surface area contributed by atoms with Crippen LogP contribution >= 0.6 is 0 Å². The molecule has 19 heavy (non-hydrogen) atoms. The van der Waals surface area contributed by atoms with Crippen LogP contribution in [0.15, 0.2) is 24.3 Å². The maximum absolute atomic E-state index is 4.48. The molecular weight excluding hydrogens is 238 g/mol. The lowest BCUT2D eigenvalue weighted by Gasteiger charge is -2.02. The van der Waals surface area contributed by atoms with E-state index in [9.17, 15) is 0 Å². The Bertz CT molecular complexity index is 525. The summed E-state index contributed by atoms with van der Waals surface area (Å²) in [5.74, 6) is 1.30. The zero-order valence-corrected chi connectivity index (χ0v) is 11.2. The summed E-state index contributed by atoms with van der Waals surface area (Å²) in [6, 6.07) is 8.60. The highest BCUT2D eigenvalue weighted by Crippen LogP contribution is 2.17. The third-order valence-electron chi connectivity index (χ3n) is 3.65. The zero-order chi connectivity index (χ0) is 13.1. The summed E-state index contributed by atoms with van der Waals surface area (Å²) in [6.07, 6.45) is 2.18. The van der Waals surface area contributed by atoms with Crippen LogP contribution in [0.25, 0.3) is 0 Å². The summed E-state index contributed by atoms with van der Waals surface area (Å²) in [6.45, 7) is 4.88. The van der Waals surface area contributed by atoms with Gasteiger partial charge in [-0.05, 0) is 35.7 Å². The van der Waals surface area contributed by atoms with Crippen LogP contribution < -0.4 is 5.32 Å². The Kier molecular flexibility index (Phi) is 3.55. The third-order valence-corrected chi connectivity index (χ3v) is 3.65. The first-order valence-corrected chi connectivity index (χ1v) is 6.91. The second-order valence-corrected chi connectivity index (χ2v) is 5.04. The van der Waals surface area contributed by atoms with Gasteiger partial charge in [0.2, 0.25) is 0 Å². The highest BCUT2D eigenvalue weighted by molar-refractivity contribution is 5.22. The van der Waals surface area contributed by atoms with Gasteiger partial charge >= 0.3 is 0 Å². The van der Waals surface area contributed by atoms with Gasteiger partial charge in [-0.15, -0.1) is 10.2 Å². The van der Waals surface area contributed by atoms with Crippen molar-refractivity contribution >= 4 is 0 Å². The average molecular weight is 257 g/mol. The molecule has 1 N–H and O–H groups in total. The smallest absolute Gasteiger partial charge is 0.179 e.